The van der Waals surface area contributed by atoms with Crippen LogP contribution in [0.25, 0.3) is 0 Å². The first-order valence-corrected chi connectivity index (χ1v) is 7.80. The number of para-hydroxylation sites is 1. The van der Waals surface area contributed by atoms with E-state index in [2.05, 4.69) is 5.32 Å². The van der Waals surface area contributed by atoms with Gasteiger partial charge in [-0.25, -0.2) is 0 Å². The van der Waals surface area contributed by atoms with Gasteiger partial charge in [-0.1, -0.05) is 48.5 Å². The van der Waals surface area contributed by atoms with Crippen molar-refractivity contribution < 1.29 is 13.9 Å². The molecule has 1 heterocycles. The lowest BCUT2D eigenvalue weighted by molar-refractivity contribution is -0.123. The van der Waals surface area contributed by atoms with Crippen molar-refractivity contribution >= 4 is 5.91 Å². The van der Waals surface area contributed by atoms with Crippen LogP contribution in [0, 0.1) is 6.92 Å². The van der Waals surface area contributed by atoms with Crippen molar-refractivity contribution in [2.45, 2.75) is 13.0 Å². The molecule has 1 N–H and O–H groups in total. The van der Waals surface area contributed by atoms with Gasteiger partial charge in [0.25, 0.3) is 5.91 Å². The maximum atomic E-state index is 12.3. The summed E-state index contributed by atoms with van der Waals surface area (Å²) in [5, 5.41) is 2.97. The summed E-state index contributed by atoms with van der Waals surface area (Å²) in [6.07, 6.45) is 1.60. The largest absolute Gasteiger partial charge is 0.484 e. The molecule has 122 valence electrons. The highest BCUT2D eigenvalue weighted by Crippen LogP contribution is 2.22. The molecule has 0 radical (unpaired) electrons. The summed E-state index contributed by atoms with van der Waals surface area (Å²) in [4.78, 5) is 12.3. The molecular weight excluding hydrogens is 302 g/mol. The van der Waals surface area contributed by atoms with Gasteiger partial charge in [-0.2, -0.15) is 0 Å². The molecule has 1 amide bonds. The van der Waals surface area contributed by atoms with Crippen molar-refractivity contribution in [2.75, 3.05) is 6.61 Å². The number of aryl methyl sites for hydroxylation is 1. The third-order valence-corrected chi connectivity index (χ3v) is 3.72. The maximum absolute atomic E-state index is 12.3. The molecule has 1 aromatic heterocycles. The van der Waals surface area contributed by atoms with Crippen molar-refractivity contribution in [2.24, 2.45) is 0 Å². The Hall–Kier alpha value is -3.01. The molecule has 0 aliphatic heterocycles. The van der Waals surface area contributed by atoms with Crippen LogP contribution in [0.15, 0.2) is 77.4 Å². The third kappa shape index (κ3) is 3.84. The molecule has 4 heteroatoms. The monoisotopic (exact) mass is 321 g/mol. The zero-order valence-electron chi connectivity index (χ0n) is 13.4. The first-order valence-electron chi connectivity index (χ1n) is 7.80. The number of hydrogen-bond acceptors (Lipinski definition) is 3. The van der Waals surface area contributed by atoms with Gasteiger partial charge in [-0.15, -0.1) is 0 Å². The Morgan fingerprint density at radius 1 is 1.04 bits per heavy atom. The molecule has 0 unspecified atom stereocenters. The standard InChI is InChI=1S/C20H19NO3/c1-15-8-5-6-11-17(15)24-14-19(22)21-20(18-12-7-13-23-18)16-9-3-2-4-10-16/h2-13,20H,14H2,1H3,(H,21,22)/t20-/m1/s1. The van der Waals surface area contributed by atoms with E-state index in [1.54, 1.807) is 12.3 Å². The van der Waals surface area contributed by atoms with Crippen LogP contribution < -0.4 is 10.1 Å². The average molecular weight is 321 g/mol. The van der Waals surface area contributed by atoms with E-state index in [9.17, 15) is 4.79 Å². The van der Waals surface area contributed by atoms with E-state index in [4.69, 9.17) is 9.15 Å². The van der Waals surface area contributed by atoms with E-state index in [0.29, 0.717) is 11.5 Å². The average Bonchev–Trinajstić information content (AvgIpc) is 3.14. The molecule has 0 saturated heterocycles. The van der Waals surface area contributed by atoms with Crippen molar-refractivity contribution in [3.8, 4) is 5.75 Å². The second kappa shape index (κ2) is 7.51. The highest BCUT2D eigenvalue weighted by atomic mass is 16.5. The number of rotatable bonds is 6. The van der Waals surface area contributed by atoms with Crippen LogP contribution >= 0.6 is 0 Å². The molecule has 0 bridgehead atoms. The van der Waals surface area contributed by atoms with Crippen LogP contribution in [0.4, 0.5) is 0 Å². The Balaban J connectivity index is 1.69. The number of amides is 1. The van der Waals surface area contributed by atoms with Crippen LogP contribution in [0.2, 0.25) is 0 Å². The van der Waals surface area contributed by atoms with Gasteiger partial charge in [0.1, 0.15) is 17.6 Å². The summed E-state index contributed by atoms with van der Waals surface area (Å²) in [5.41, 5.74) is 1.95. The Morgan fingerprint density at radius 2 is 1.79 bits per heavy atom. The number of furan rings is 1. The van der Waals surface area contributed by atoms with Crippen molar-refractivity contribution in [3.05, 3.63) is 89.9 Å². The zero-order valence-corrected chi connectivity index (χ0v) is 13.4. The van der Waals surface area contributed by atoms with Crippen LogP contribution in [0.1, 0.15) is 22.9 Å². The quantitative estimate of drug-likeness (QED) is 0.750. The first kappa shape index (κ1) is 15.9. The molecule has 0 spiro atoms. The van der Waals surface area contributed by atoms with Crippen LogP contribution in [0.5, 0.6) is 5.75 Å². The summed E-state index contributed by atoms with van der Waals surface area (Å²) in [6, 6.07) is 20.6. The van der Waals surface area contributed by atoms with Crippen molar-refractivity contribution in [3.63, 3.8) is 0 Å². The van der Waals surface area contributed by atoms with Gasteiger partial charge in [0.05, 0.1) is 6.26 Å². The summed E-state index contributed by atoms with van der Waals surface area (Å²) in [5.74, 6) is 1.19. The van der Waals surface area contributed by atoms with Crippen LogP contribution in [0.3, 0.4) is 0 Å². The minimum atomic E-state index is -0.339. The number of ether oxygens (including phenoxy) is 1. The number of hydrogen-bond donors (Lipinski definition) is 1. The summed E-state index contributed by atoms with van der Waals surface area (Å²) < 4.78 is 11.1. The fourth-order valence-electron chi connectivity index (χ4n) is 2.48. The Bertz CT molecular complexity index is 782. The van der Waals surface area contributed by atoms with Gasteiger partial charge in [0, 0.05) is 0 Å². The smallest absolute Gasteiger partial charge is 0.258 e. The highest BCUT2D eigenvalue weighted by Gasteiger charge is 2.19. The van der Waals surface area contributed by atoms with E-state index in [1.165, 1.54) is 0 Å². The normalized spacial score (nSPS) is 11.7. The van der Waals surface area contributed by atoms with Crippen molar-refractivity contribution in [1.29, 1.82) is 0 Å². The van der Waals surface area contributed by atoms with Gasteiger partial charge in [-0.3, -0.25) is 4.79 Å². The topological polar surface area (TPSA) is 51.5 Å². The van der Waals surface area contributed by atoms with E-state index < -0.39 is 0 Å². The molecule has 2 aromatic carbocycles. The van der Waals surface area contributed by atoms with Crippen molar-refractivity contribution in [1.82, 2.24) is 5.32 Å². The third-order valence-electron chi connectivity index (χ3n) is 3.72. The predicted octanol–water partition coefficient (Wildman–Crippen LogP) is 3.87. The maximum Gasteiger partial charge on any atom is 0.258 e. The minimum Gasteiger partial charge on any atom is -0.484 e. The number of benzene rings is 2. The Morgan fingerprint density at radius 3 is 2.50 bits per heavy atom. The van der Waals surface area contributed by atoms with Crippen LogP contribution in [-0.2, 0) is 4.79 Å². The molecular formula is C20H19NO3. The molecule has 0 saturated carbocycles. The molecule has 1 atom stereocenters. The van der Waals surface area contributed by atoms with Gasteiger partial charge in [-0.05, 0) is 36.2 Å². The number of carbonyl (C=O) groups excluding carboxylic acids is 1. The molecule has 3 rings (SSSR count). The Labute approximate surface area is 141 Å². The lowest BCUT2D eigenvalue weighted by atomic mass is 10.0. The highest BCUT2D eigenvalue weighted by molar-refractivity contribution is 5.78. The zero-order chi connectivity index (χ0) is 16.8. The Kier molecular flexibility index (Phi) is 4.96. The first-order chi connectivity index (χ1) is 11.7. The number of nitrogens with one attached hydrogen (secondary N) is 1. The van der Waals surface area contributed by atoms with Gasteiger partial charge < -0.3 is 14.5 Å². The lowest BCUT2D eigenvalue weighted by Crippen LogP contribution is -2.33. The summed E-state index contributed by atoms with van der Waals surface area (Å²) in [7, 11) is 0. The van der Waals surface area contributed by atoms with Crippen LogP contribution in [-0.4, -0.2) is 12.5 Å². The molecule has 0 fully saturated rings. The second-order valence-corrected chi connectivity index (χ2v) is 5.48. The fraction of sp³-hybridized carbons (Fsp3) is 0.150. The second-order valence-electron chi connectivity index (χ2n) is 5.48. The predicted molar refractivity (Wildman–Crippen MR) is 91.8 cm³/mol. The van der Waals surface area contributed by atoms with E-state index >= 15 is 0 Å². The fourth-order valence-corrected chi connectivity index (χ4v) is 2.48. The number of carbonyl (C=O) groups is 1. The molecule has 4 nitrogen and oxygen atoms in total. The lowest BCUT2D eigenvalue weighted by Gasteiger charge is -2.17. The molecule has 0 aliphatic rings. The van der Waals surface area contributed by atoms with E-state index in [-0.39, 0.29) is 18.6 Å². The summed E-state index contributed by atoms with van der Waals surface area (Å²) in [6.45, 7) is 1.90. The molecule has 0 aliphatic carbocycles. The molecule has 3 aromatic rings. The van der Waals surface area contributed by atoms with Gasteiger partial charge >= 0.3 is 0 Å². The molecule has 24 heavy (non-hydrogen) atoms. The SMILES string of the molecule is Cc1ccccc1OCC(=O)N[C@H](c1ccccc1)c1ccco1. The van der Waals surface area contributed by atoms with E-state index in [0.717, 1.165) is 11.1 Å². The van der Waals surface area contributed by atoms with Gasteiger partial charge in [0.15, 0.2) is 6.61 Å². The van der Waals surface area contributed by atoms with Gasteiger partial charge in [0.2, 0.25) is 0 Å². The minimum absolute atomic E-state index is 0.0467. The van der Waals surface area contributed by atoms with E-state index in [1.807, 2.05) is 67.6 Å². The summed E-state index contributed by atoms with van der Waals surface area (Å²) >= 11 is 0.